The number of pyridine rings is 1. The molecule has 0 bridgehead atoms. The molecule has 0 saturated heterocycles. The molecule has 9 heteroatoms. The highest BCUT2D eigenvalue weighted by atomic mass is 35.5. The fourth-order valence-corrected chi connectivity index (χ4v) is 2.48. The van der Waals surface area contributed by atoms with Gasteiger partial charge in [-0.05, 0) is 31.2 Å². The van der Waals surface area contributed by atoms with E-state index in [2.05, 4.69) is 15.3 Å². The maximum Gasteiger partial charge on any atom is 0.360 e. The molecule has 0 fully saturated rings. The molecule has 2 aromatic heterocycles. The molecule has 27 heavy (non-hydrogen) atoms. The average Bonchev–Trinajstić information content (AvgIpc) is 3.13. The van der Waals surface area contributed by atoms with E-state index in [1.54, 1.807) is 31.2 Å². The molecule has 0 aliphatic heterocycles. The second-order valence-electron chi connectivity index (χ2n) is 5.27. The van der Waals surface area contributed by atoms with Crippen LogP contribution in [0.15, 0.2) is 47.2 Å². The van der Waals surface area contributed by atoms with Crippen LogP contribution in [-0.2, 0) is 4.74 Å². The van der Waals surface area contributed by atoms with Crippen LogP contribution in [0.3, 0.4) is 0 Å². The van der Waals surface area contributed by atoms with Gasteiger partial charge >= 0.3 is 12.0 Å². The predicted molar refractivity (Wildman–Crippen MR) is 100 cm³/mol. The third kappa shape index (κ3) is 4.45. The molecule has 2 heterocycles. The van der Waals surface area contributed by atoms with Crippen LogP contribution in [0.25, 0.3) is 11.3 Å². The lowest BCUT2D eigenvalue weighted by Gasteiger charge is -2.05. The van der Waals surface area contributed by atoms with Crippen LogP contribution < -0.4 is 5.32 Å². The van der Waals surface area contributed by atoms with Gasteiger partial charge in [0.05, 0.1) is 22.3 Å². The summed E-state index contributed by atoms with van der Waals surface area (Å²) >= 11 is 11.9. The Morgan fingerprint density at radius 2 is 2.00 bits per heavy atom. The number of esters is 1. The van der Waals surface area contributed by atoms with Crippen LogP contribution in [-0.4, -0.2) is 28.5 Å². The first-order valence-electron chi connectivity index (χ1n) is 7.83. The van der Waals surface area contributed by atoms with Gasteiger partial charge in [0, 0.05) is 17.3 Å². The number of amides is 1. The topological polar surface area (TPSA) is 94.3 Å². The Labute approximate surface area is 164 Å². The van der Waals surface area contributed by atoms with Crippen molar-refractivity contribution >= 4 is 41.1 Å². The number of hydrogen-bond acceptors (Lipinski definition) is 6. The van der Waals surface area contributed by atoms with Gasteiger partial charge in [0.25, 0.3) is 5.91 Å². The van der Waals surface area contributed by atoms with Crippen molar-refractivity contribution in [2.45, 2.75) is 6.92 Å². The van der Waals surface area contributed by atoms with Gasteiger partial charge in [0.2, 0.25) is 0 Å². The summed E-state index contributed by atoms with van der Waals surface area (Å²) in [6.07, 6.45) is 2.60. The molecule has 0 atom stereocenters. The van der Waals surface area contributed by atoms with Gasteiger partial charge in [0.1, 0.15) is 6.26 Å². The lowest BCUT2D eigenvalue weighted by molar-refractivity contribution is 0.0519. The fraction of sp³-hybridized carbons (Fsp3) is 0.111. The first-order chi connectivity index (χ1) is 13.0. The summed E-state index contributed by atoms with van der Waals surface area (Å²) in [5.74, 6) is -1.11. The Morgan fingerprint density at radius 3 is 2.74 bits per heavy atom. The Kier molecular flexibility index (Phi) is 5.73. The van der Waals surface area contributed by atoms with Gasteiger partial charge in [-0.3, -0.25) is 15.1 Å². The second kappa shape index (κ2) is 8.20. The molecule has 138 valence electrons. The molecule has 0 unspecified atom stereocenters. The minimum Gasteiger partial charge on any atom is -0.461 e. The number of carbonyl (C=O) groups is 2. The van der Waals surface area contributed by atoms with Gasteiger partial charge in [0.15, 0.2) is 5.69 Å². The van der Waals surface area contributed by atoms with E-state index >= 15 is 0 Å². The Balaban J connectivity index is 1.77. The third-order valence-electron chi connectivity index (χ3n) is 3.45. The maximum absolute atomic E-state index is 12.4. The van der Waals surface area contributed by atoms with Crippen molar-refractivity contribution in [2.24, 2.45) is 0 Å². The van der Waals surface area contributed by atoms with E-state index in [-0.39, 0.29) is 18.3 Å². The summed E-state index contributed by atoms with van der Waals surface area (Å²) < 4.78 is 9.89. The SMILES string of the molecule is CCOC(=O)c1coc(NC(=O)c2ccnc(-c3ccc(Cl)c(Cl)c3)c2)n1. The lowest BCUT2D eigenvalue weighted by atomic mass is 10.1. The summed E-state index contributed by atoms with van der Waals surface area (Å²) in [6, 6.07) is 8.06. The van der Waals surface area contributed by atoms with Crippen LogP contribution in [0.4, 0.5) is 6.01 Å². The predicted octanol–water partition coefficient (Wildman–Crippen LogP) is 4.47. The van der Waals surface area contributed by atoms with E-state index < -0.39 is 11.9 Å². The second-order valence-corrected chi connectivity index (χ2v) is 6.09. The molecule has 7 nitrogen and oxygen atoms in total. The number of halogens is 2. The minimum atomic E-state index is -0.632. The highest BCUT2D eigenvalue weighted by molar-refractivity contribution is 6.42. The van der Waals surface area contributed by atoms with Crippen molar-refractivity contribution < 1.29 is 18.7 Å². The molecule has 0 saturated carbocycles. The molecule has 0 spiro atoms. The van der Waals surface area contributed by atoms with Crippen molar-refractivity contribution in [3.8, 4) is 11.3 Å². The van der Waals surface area contributed by atoms with Gasteiger partial charge < -0.3 is 9.15 Å². The molecule has 0 aliphatic carbocycles. The molecule has 1 amide bonds. The number of hydrogen-bond donors (Lipinski definition) is 1. The van der Waals surface area contributed by atoms with Gasteiger partial charge in [-0.15, -0.1) is 0 Å². The zero-order valence-electron chi connectivity index (χ0n) is 14.0. The summed E-state index contributed by atoms with van der Waals surface area (Å²) in [7, 11) is 0. The number of oxazole rings is 1. The monoisotopic (exact) mass is 405 g/mol. The molecule has 0 radical (unpaired) electrons. The van der Waals surface area contributed by atoms with Gasteiger partial charge in [-0.25, -0.2) is 4.79 Å². The van der Waals surface area contributed by atoms with E-state index in [0.717, 1.165) is 6.26 Å². The number of nitrogens with one attached hydrogen (secondary N) is 1. The van der Waals surface area contributed by atoms with Crippen LogP contribution in [0.5, 0.6) is 0 Å². The third-order valence-corrected chi connectivity index (χ3v) is 4.19. The molecular weight excluding hydrogens is 393 g/mol. The summed E-state index contributed by atoms with van der Waals surface area (Å²) in [5.41, 5.74) is 1.54. The summed E-state index contributed by atoms with van der Waals surface area (Å²) in [4.78, 5) is 32.1. The minimum absolute atomic E-state index is 0.0293. The van der Waals surface area contributed by atoms with E-state index in [1.165, 1.54) is 12.3 Å². The van der Waals surface area contributed by atoms with Gasteiger partial charge in [-0.2, -0.15) is 4.98 Å². The molecule has 3 aromatic rings. The van der Waals surface area contributed by atoms with Crippen molar-refractivity contribution in [1.29, 1.82) is 0 Å². The Morgan fingerprint density at radius 1 is 1.19 bits per heavy atom. The van der Waals surface area contributed by atoms with Crippen LogP contribution in [0.2, 0.25) is 10.0 Å². The van der Waals surface area contributed by atoms with E-state index in [1.807, 2.05) is 0 Å². The summed E-state index contributed by atoms with van der Waals surface area (Å²) in [6.45, 7) is 1.89. The molecule has 0 aliphatic rings. The standard InChI is InChI=1S/C18H13Cl2N3O4/c1-2-26-17(25)15-9-27-18(22-15)23-16(24)11-5-6-21-14(8-11)10-3-4-12(19)13(20)7-10/h3-9H,2H2,1H3,(H,22,23,24). The Hall–Kier alpha value is -2.90. The van der Waals surface area contributed by atoms with Crippen LogP contribution >= 0.6 is 23.2 Å². The van der Waals surface area contributed by atoms with E-state index in [9.17, 15) is 9.59 Å². The number of nitrogens with zero attached hydrogens (tertiary/aromatic N) is 2. The highest BCUT2D eigenvalue weighted by Gasteiger charge is 2.16. The van der Waals surface area contributed by atoms with Crippen molar-refractivity contribution in [2.75, 3.05) is 11.9 Å². The van der Waals surface area contributed by atoms with Crippen LogP contribution in [0, 0.1) is 0 Å². The van der Waals surface area contributed by atoms with Crippen molar-refractivity contribution in [3.05, 3.63) is 64.1 Å². The first kappa shape index (κ1) is 18.9. The largest absolute Gasteiger partial charge is 0.461 e. The number of carbonyl (C=O) groups excluding carboxylic acids is 2. The van der Waals surface area contributed by atoms with Crippen LogP contribution in [0.1, 0.15) is 27.8 Å². The average molecular weight is 406 g/mol. The highest BCUT2D eigenvalue weighted by Crippen LogP contribution is 2.28. The Bertz CT molecular complexity index is 1000. The molecule has 1 aromatic carbocycles. The van der Waals surface area contributed by atoms with E-state index in [4.69, 9.17) is 32.4 Å². The lowest BCUT2D eigenvalue weighted by Crippen LogP contribution is -2.13. The molecule has 1 N–H and O–H groups in total. The number of aromatic nitrogens is 2. The molecule has 3 rings (SSSR count). The number of anilines is 1. The first-order valence-corrected chi connectivity index (χ1v) is 8.59. The fourth-order valence-electron chi connectivity index (χ4n) is 2.18. The number of rotatable bonds is 5. The van der Waals surface area contributed by atoms with Gasteiger partial charge in [-0.1, -0.05) is 29.3 Å². The normalized spacial score (nSPS) is 10.5. The van der Waals surface area contributed by atoms with E-state index in [0.29, 0.717) is 26.9 Å². The number of ether oxygens (including phenoxy) is 1. The zero-order chi connectivity index (χ0) is 19.4. The zero-order valence-corrected chi connectivity index (χ0v) is 15.5. The number of benzene rings is 1. The maximum atomic E-state index is 12.4. The molecular formula is C18H13Cl2N3O4. The quantitative estimate of drug-likeness (QED) is 0.629. The summed E-state index contributed by atoms with van der Waals surface area (Å²) in [5, 5.41) is 3.29. The smallest absolute Gasteiger partial charge is 0.360 e. The van der Waals surface area contributed by atoms with Crippen molar-refractivity contribution in [1.82, 2.24) is 9.97 Å². The van der Waals surface area contributed by atoms with Crippen molar-refractivity contribution in [3.63, 3.8) is 0 Å².